The molecule has 0 spiro atoms. The number of para-hydroxylation sites is 1. The Hall–Kier alpha value is -4.32. The molecular weight excluding hydrogens is 378 g/mol. The molecule has 0 radical (unpaired) electrons. The fraction of sp³-hybridized carbons (Fsp3) is 0. The highest BCUT2D eigenvalue weighted by Gasteiger charge is 2.36. The molecule has 0 bridgehead atoms. The highest BCUT2D eigenvalue weighted by atomic mass is 16.2. The fourth-order valence-corrected chi connectivity index (χ4v) is 3.59. The first kappa shape index (κ1) is 17.8. The molecule has 0 saturated carbocycles. The van der Waals surface area contributed by atoms with Crippen molar-refractivity contribution in [2.24, 2.45) is 0 Å². The van der Waals surface area contributed by atoms with Crippen LogP contribution in [0.15, 0.2) is 85.1 Å². The van der Waals surface area contributed by atoms with Gasteiger partial charge in [0, 0.05) is 17.1 Å². The average Bonchev–Trinajstić information content (AvgIpc) is 3.04. The number of pyridine rings is 1. The lowest BCUT2D eigenvalue weighted by atomic mass is 10.1. The Bertz CT molecular complexity index is 1290. The lowest BCUT2D eigenvalue weighted by Crippen LogP contribution is -2.29. The maximum Gasteiger partial charge on any atom is 0.266 e. The van der Waals surface area contributed by atoms with E-state index in [-0.39, 0.29) is 17.7 Å². The summed E-state index contributed by atoms with van der Waals surface area (Å²) in [6.07, 6.45) is 1.68. The fourth-order valence-electron chi connectivity index (χ4n) is 3.59. The average molecular weight is 393 g/mol. The molecule has 1 aliphatic rings. The molecular formula is C24H15N3O3. The third kappa shape index (κ3) is 2.82. The van der Waals surface area contributed by atoms with Crippen LogP contribution in [-0.4, -0.2) is 22.7 Å². The summed E-state index contributed by atoms with van der Waals surface area (Å²) >= 11 is 0. The largest absolute Gasteiger partial charge is 0.320 e. The van der Waals surface area contributed by atoms with Crippen molar-refractivity contribution < 1.29 is 14.4 Å². The van der Waals surface area contributed by atoms with Gasteiger partial charge in [-0.05, 0) is 48.5 Å². The Kier molecular flexibility index (Phi) is 4.10. The zero-order chi connectivity index (χ0) is 20.7. The van der Waals surface area contributed by atoms with Crippen LogP contribution in [0.25, 0.3) is 10.9 Å². The molecule has 0 fully saturated rings. The van der Waals surface area contributed by atoms with Gasteiger partial charge < -0.3 is 5.32 Å². The standard InChI is InChI=1S/C24H15N3O3/c28-22(26-20-9-3-5-15-6-4-14-25-21(15)20)16-10-12-17(13-11-16)27-23(29)18-7-1-2-8-19(18)24(27)30/h1-14H,(H,26,28). The number of carbonyl (C=O) groups excluding carboxylic acids is 3. The summed E-state index contributed by atoms with van der Waals surface area (Å²) in [6.45, 7) is 0. The van der Waals surface area contributed by atoms with Gasteiger partial charge in [0.2, 0.25) is 0 Å². The van der Waals surface area contributed by atoms with Gasteiger partial charge in [0.15, 0.2) is 0 Å². The number of benzene rings is 3. The van der Waals surface area contributed by atoms with Crippen molar-refractivity contribution in [3.63, 3.8) is 0 Å². The summed E-state index contributed by atoms with van der Waals surface area (Å²) in [5.74, 6) is -1.04. The van der Waals surface area contributed by atoms with E-state index in [9.17, 15) is 14.4 Å². The SMILES string of the molecule is O=C(Nc1cccc2cccnc12)c1ccc(N2C(=O)c3ccccc3C2=O)cc1. The van der Waals surface area contributed by atoms with Gasteiger partial charge in [-0.3, -0.25) is 19.4 Å². The number of hydrogen-bond donors (Lipinski definition) is 1. The molecule has 0 saturated heterocycles. The molecule has 0 aliphatic carbocycles. The molecule has 6 heteroatoms. The summed E-state index contributed by atoms with van der Waals surface area (Å²) in [5, 5.41) is 3.80. The Balaban J connectivity index is 1.40. The summed E-state index contributed by atoms with van der Waals surface area (Å²) in [6, 6.07) is 22.4. The zero-order valence-electron chi connectivity index (χ0n) is 15.7. The highest BCUT2D eigenvalue weighted by molar-refractivity contribution is 6.34. The van der Waals surface area contributed by atoms with E-state index in [1.54, 1.807) is 60.8 Å². The third-order valence-electron chi connectivity index (χ3n) is 5.06. The lowest BCUT2D eigenvalue weighted by Gasteiger charge is -2.14. The second kappa shape index (κ2) is 6.93. The number of fused-ring (bicyclic) bond motifs is 2. The van der Waals surface area contributed by atoms with Gasteiger partial charge in [0.25, 0.3) is 17.7 Å². The van der Waals surface area contributed by atoms with Crippen molar-refractivity contribution in [3.05, 3.63) is 102 Å². The van der Waals surface area contributed by atoms with Crippen molar-refractivity contribution in [2.75, 3.05) is 10.2 Å². The molecule has 6 nitrogen and oxygen atoms in total. The van der Waals surface area contributed by atoms with E-state index < -0.39 is 0 Å². The van der Waals surface area contributed by atoms with Crippen LogP contribution in [0.5, 0.6) is 0 Å². The number of hydrogen-bond acceptors (Lipinski definition) is 4. The van der Waals surface area contributed by atoms with Crippen LogP contribution in [0.1, 0.15) is 31.1 Å². The number of carbonyl (C=O) groups is 3. The molecule has 5 rings (SSSR count). The highest BCUT2D eigenvalue weighted by Crippen LogP contribution is 2.28. The van der Waals surface area contributed by atoms with Crippen LogP contribution in [-0.2, 0) is 0 Å². The molecule has 1 aromatic heterocycles. The summed E-state index contributed by atoms with van der Waals surface area (Å²) in [5.41, 5.74) is 2.91. The molecule has 2 heterocycles. The molecule has 3 aromatic carbocycles. The normalized spacial score (nSPS) is 12.9. The van der Waals surface area contributed by atoms with Crippen LogP contribution in [0.3, 0.4) is 0 Å². The van der Waals surface area contributed by atoms with E-state index in [0.717, 1.165) is 10.3 Å². The van der Waals surface area contributed by atoms with Crippen molar-refractivity contribution in [3.8, 4) is 0 Å². The first-order valence-corrected chi connectivity index (χ1v) is 9.36. The van der Waals surface area contributed by atoms with E-state index in [4.69, 9.17) is 0 Å². The van der Waals surface area contributed by atoms with Crippen LogP contribution >= 0.6 is 0 Å². The maximum atomic E-state index is 12.7. The number of imide groups is 1. The number of amides is 3. The monoisotopic (exact) mass is 393 g/mol. The first-order chi connectivity index (χ1) is 14.6. The molecule has 0 unspecified atom stereocenters. The van der Waals surface area contributed by atoms with E-state index in [1.165, 1.54) is 0 Å². The van der Waals surface area contributed by atoms with Crippen molar-refractivity contribution in [2.45, 2.75) is 0 Å². The first-order valence-electron chi connectivity index (χ1n) is 9.36. The predicted molar refractivity (Wildman–Crippen MR) is 114 cm³/mol. The minimum absolute atomic E-state index is 0.304. The minimum atomic E-state index is -0.366. The Morgan fingerprint density at radius 2 is 1.43 bits per heavy atom. The van der Waals surface area contributed by atoms with Crippen LogP contribution in [0, 0.1) is 0 Å². The molecule has 0 atom stereocenters. The number of aromatic nitrogens is 1. The Morgan fingerprint density at radius 1 is 0.767 bits per heavy atom. The smallest absolute Gasteiger partial charge is 0.266 e. The molecule has 3 amide bonds. The second-order valence-corrected chi connectivity index (χ2v) is 6.87. The van der Waals surface area contributed by atoms with Crippen molar-refractivity contribution in [1.82, 2.24) is 4.98 Å². The van der Waals surface area contributed by atoms with Crippen LogP contribution in [0.4, 0.5) is 11.4 Å². The molecule has 4 aromatic rings. The number of nitrogens with one attached hydrogen (secondary N) is 1. The molecule has 30 heavy (non-hydrogen) atoms. The lowest BCUT2D eigenvalue weighted by molar-refractivity contribution is 0.0925. The predicted octanol–water partition coefficient (Wildman–Crippen LogP) is 4.29. The van der Waals surface area contributed by atoms with Gasteiger partial charge in [0.1, 0.15) is 0 Å². The van der Waals surface area contributed by atoms with E-state index in [0.29, 0.717) is 33.6 Å². The van der Waals surface area contributed by atoms with Gasteiger partial charge >= 0.3 is 0 Å². The zero-order valence-corrected chi connectivity index (χ0v) is 15.7. The van der Waals surface area contributed by atoms with Gasteiger partial charge in [-0.1, -0.05) is 30.3 Å². The van der Waals surface area contributed by atoms with E-state index >= 15 is 0 Å². The summed E-state index contributed by atoms with van der Waals surface area (Å²) in [7, 11) is 0. The third-order valence-corrected chi connectivity index (χ3v) is 5.06. The topological polar surface area (TPSA) is 79.4 Å². The van der Waals surface area contributed by atoms with Crippen LogP contribution in [0.2, 0.25) is 0 Å². The number of rotatable bonds is 3. The van der Waals surface area contributed by atoms with Gasteiger partial charge in [-0.15, -0.1) is 0 Å². The summed E-state index contributed by atoms with van der Waals surface area (Å²) < 4.78 is 0. The minimum Gasteiger partial charge on any atom is -0.320 e. The van der Waals surface area contributed by atoms with E-state index in [1.807, 2.05) is 24.3 Å². The van der Waals surface area contributed by atoms with Crippen molar-refractivity contribution >= 4 is 40.0 Å². The Labute approximate surface area is 171 Å². The van der Waals surface area contributed by atoms with Gasteiger partial charge in [0.05, 0.1) is 28.0 Å². The van der Waals surface area contributed by atoms with Gasteiger partial charge in [-0.25, -0.2) is 4.90 Å². The molecule has 144 valence electrons. The number of anilines is 2. The molecule has 1 N–H and O–H groups in total. The van der Waals surface area contributed by atoms with Crippen molar-refractivity contribution in [1.29, 1.82) is 0 Å². The maximum absolute atomic E-state index is 12.7. The second-order valence-electron chi connectivity index (χ2n) is 6.87. The molecule has 1 aliphatic heterocycles. The quantitative estimate of drug-likeness (QED) is 0.527. The van der Waals surface area contributed by atoms with E-state index in [2.05, 4.69) is 10.3 Å². The van der Waals surface area contributed by atoms with Crippen LogP contribution < -0.4 is 10.2 Å². The number of nitrogens with zero attached hydrogens (tertiary/aromatic N) is 2. The summed E-state index contributed by atoms with van der Waals surface area (Å²) in [4.78, 5) is 43.4. The Morgan fingerprint density at radius 3 is 2.13 bits per heavy atom. The van der Waals surface area contributed by atoms with Gasteiger partial charge in [-0.2, -0.15) is 0 Å².